The van der Waals surface area contributed by atoms with Crippen LogP contribution in [0.5, 0.6) is 0 Å². The molecule has 1 aliphatic heterocycles. The molecule has 0 amide bonds. The number of carbonyl (C=O) groups is 1. The van der Waals surface area contributed by atoms with Crippen molar-refractivity contribution in [1.29, 1.82) is 0 Å². The molecule has 98 valence electrons. The Bertz CT molecular complexity index is 674. The third-order valence-corrected chi connectivity index (χ3v) is 10.5. The standard InChI is InChI=1S/C8H2I4O5S.K/c9-3-1-2(4(10)6(12)5(3)11)8(17-7(1)13)18(14,15)16;/h8H,(H,14,15,16);/q;+1/p-1. The first kappa shape index (κ1) is 20.2. The zero-order chi connectivity index (χ0) is 13.8. The third-order valence-electron chi connectivity index (χ3n) is 2.22. The first-order valence-electron chi connectivity index (χ1n) is 4.17. The van der Waals surface area contributed by atoms with Gasteiger partial charge >= 0.3 is 57.4 Å². The molecule has 0 aliphatic carbocycles. The maximum absolute atomic E-state index is 11.7. The van der Waals surface area contributed by atoms with E-state index in [4.69, 9.17) is 4.74 Å². The molecule has 0 saturated carbocycles. The van der Waals surface area contributed by atoms with E-state index in [-0.39, 0.29) is 62.5 Å². The number of rotatable bonds is 1. The van der Waals surface area contributed by atoms with Gasteiger partial charge in [0.15, 0.2) is 0 Å². The summed E-state index contributed by atoms with van der Waals surface area (Å²) >= 11 is 8.00. The van der Waals surface area contributed by atoms with Crippen molar-refractivity contribution in [1.82, 2.24) is 0 Å². The van der Waals surface area contributed by atoms with Gasteiger partial charge in [-0.15, -0.1) is 0 Å². The Morgan fingerprint density at radius 1 is 1.00 bits per heavy atom. The van der Waals surface area contributed by atoms with Gasteiger partial charge in [0, 0.05) is 19.8 Å². The van der Waals surface area contributed by atoms with E-state index >= 15 is 0 Å². The summed E-state index contributed by atoms with van der Waals surface area (Å²) in [5, 5.41) is 0. The number of cyclic esters (lactones) is 1. The number of fused-ring (bicyclic) bond motifs is 1. The second kappa shape index (κ2) is 7.37. The Balaban J connectivity index is 0.00000180. The van der Waals surface area contributed by atoms with Gasteiger partial charge in [0.1, 0.15) is 10.1 Å². The van der Waals surface area contributed by atoms with Crippen LogP contribution in [0.25, 0.3) is 0 Å². The van der Waals surface area contributed by atoms with Crippen molar-refractivity contribution in [3.8, 4) is 0 Å². The van der Waals surface area contributed by atoms with Crippen molar-refractivity contribution in [2.75, 3.05) is 0 Å². The molecule has 5 nitrogen and oxygen atoms in total. The van der Waals surface area contributed by atoms with E-state index in [0.29, 0.717) is 7.14 Å². The van der Waals surface area contributed by atoms with Crippen LogP contribution in [0.3, 0.4) is 0 Å². The van der Waals surface area contributed by atoms with Crippen LogP contribution in [0.1, 0.15) is 21.4 Å². The Kier molecular flexibility index (Phi) is 7.83. The van der Waals surface area contributed by atoms with Crippen LogP contribution in [0.15, 0.2) is 0 Å². The minimum atomic E-state index is -4.72. The van der Waals surface area contributed by atoms with Crippen LogP contribution < -0.4 is 51.4 Å². The van der Waals surface area contributed by atoms with Crippen molar-refractivity contribution >= 4 is 106 Å². The summed E-state index contributed by atoms with van der Waals surface area (Å²) in [7, 11) is -4.72. The molecule has 1 heterocycles. The molecule has 11 heteroatoms. The maximum atomic E-state index is 11.7. The fourth-order valence-corrected chi connectivity index (χ4v) is 6.16. The third kappa shape index (κ3) is 3.81. The Morgan fingerprint density at radius 2 is 1.47 bits per heavy atom. The van der Waals surface area contributed by atoms with Gasteiger partial charge in [-0.2, -0.15) is 0 Å². The van der Waals surface area contributed by atoms with Crippen LogP contribution in [-0.4, -0.2) is 18.9 Å². The minimum Gasteiger partial charge on any atom is -0.745 e. The van der Waals surface area contributed by atoms with Gasteiger partial charge in [0.05, 0.1) is 5.56 Å². The first-order chi connectivity index (χ1) is 8.16. The summed E-state index contributed by atoms with van der Waals surface area (Å²) in [6, 6.07) is 0. The Hall–Kier alpha value is 3.16. The summed E-state index contributed by atoms with van der Waals surface area (Å²) < 4.78 is 41.0. The molecule has 1 atom stereocenters. The van der Waals surface area contributed by atoms with Crippen molar-refractivity contribution in [2.24, 2.45) is 0 Å². The molecule has 1 aromatic rings. The smallest absolute Gasteiger partial charge is 0.745 e. The van der Waals surface area contributed by atoms with Crippen molar-refractivity contribution in [2.45, 2.75) is 5.44 Å². The molecule has 2 rings (SSSR count). The van der Waals surface area contributed by atoms with E-state index in [2.05, 4.69) is 22.6 Å². The van der Waals surface area contributed by atoms with Gasteiger partial charge in [0.25, 0.3) is 0 Å². The van der Waals surface area contributed by atoms with Gasteiger partial charge in [-0.3, -0.25) is 0 Å². The molecule has 0 radical (unpaired) electrons. The fourth-order valence-electron chi connectivity index (χ4n) is 1.49. The van der Waals surface area contributed by atoms with Crippen molar-refractivity contribution < 1.29 is 73.9 Å². The molecule has 0 saturated heterocycles. The largest absolute Gasteiger partial charge is 1.00 e. The summed E-state index contributed by atoms with van der Waals surface area (Å²) in [6.45, 7) is 0. The van der Waals surface area contributed by atoms with E-state index in [1.807, 2.05) is 67.8 Å². The molecule has 0 N–H and O–H groups in total. The number of benzene rings is 1. The summed E-state index contributed by atoms with van der Waals surface area (Å²) in [4.78, 5) is 11.7. The SMILES string of the molecule is O=C1OC(S(=O)(=O)[O-])c2c(I)c(I)c(I)c(I)c21.[K+]. The van der Waals surface area contributed by atoms with Gasteiger partial charge in [0.2, 0.25) is 5.44 Å². The summed E-state index contributed by atoms with van der Waals surface area (Å²) in [5.41, 5.74) is -1.37. The van der Waals surface area contributed by atoms with Crippen LogP contribution in [-0.2, 0) is 14.9 Å². The predicted molar refractivity (Wildman–Crippen MR) is 95.2 cm³/mol. The molecule has 1 aliphatic rings. The number of carbonyl (C=O) groups excluding carboxylic acids is 1. The number of hydrogen-bond acceptors (Lipinski definition) is 5. The van der Waals surface area contributed by atoms with Crippen molar-refractivity contribution in [3.63, 3.8) is 0 Å². The zero-order valence-electron chi connectivity index (χ0n) is 9.04. The molecule has 0 aromatic heterocycles. The Labute approximate surface area is 206 Å². The van der Waals surface area contributed by atoms with E-state index in [1.54, 1.807) is 0 Å². The Morgan fingerprint density at radius 3 is 1.95 bits per heavy atom. The van der Waals surface area contributed by atoms with Crippen molar-refractivity contribution in [3.05, 3.63) is 25.4 Å². The molecule has 0 fully saturated rings. The zero-order valence-corrected chi connectivity index (χ0v) is 21.6. The van der Waals surface area contributed by atoms with Crippen LogP contribution >= 0.6 is 90.4 Å². The maximum Gasteiger partial charge on any atom is 1.00 e. The summed E-state index contributed by atoms with van der Waals surface area (Å²) in [5.74, 6) is -0.758. The fraction of sp³-hybridized carbons (Fsp3) is 0.125. The van der Waals surface area contributed by atoms with Gasteiger partial charge in [-0.25, -0.2) is 13.2 Å². The topological polar surface area (TPSA) is 83.5 Å². The first-order valence-corrected chi connectivity index (χ1v) is 9.96. The average Bonchev–Trinajstić information content (AvgIpc) is 2.61. The van der Waals surface area contributed by atoms with Crippen LogP contribution in [0.4, 0.5) is 0 Å². The monoisotopic (exact) mass is 756 g/mol. The second-order valence-electron chi connectivity index (χ2n) is 3.27. The number of ether oxygens (including phenoxy) is 1. The second-order valence-corrected chi connectivity index (χ2v) is 9.00. The molecule has 1 aromatic carbocycles. The minimum absolute atomic E-state index is 0. The van der Waals surface area contributed by atoms with E-state index in [9.17, 15) is 17.8 Å². The molecular formula is C8HI4KO5S. The molecule has 1 unspecified atom stereocenters. The van der Waals surface area contributed by atoms with Gasteiger partial charge in [-0.1, -0.05) is 0 Å². The van der Waals surface area contributed by atoms with E-state index in [1.165, 1.54) is 0 Å². The molecule has 0 spiro atoms. The molecule has 19 heavy (non-hydrogen) atoms. The molecule has 0 bridgehead atoms. The quantitative estimate of drug-likeness (QED) is 0.0994. The van der Waals surface area contributed by atoms with E-state index in [0.717, 1.165) is 7.14 Å². The van der Waals surface area contributed by atoms with Gasteiger partial charge < -0.3 is 9.29 Å². The number of hydrogen-bond donors (Lipinski definition) is 0. The van der Waals surface area contributed by atoms with Gasteiger partial charge in [-0.05, 0) is 90.4 Å². The van der Waals surface area contributed by atoms with Crippen LogP contribution in [0, 0.1) is 14.3 Å². The average molecular weight is 756 g/mol. The number of halogens is 4. The predicted octanol–water partition coefficient (Wildman–Crippen LogP) is -0.177. The van der Waals surface area contributed by atoms with E-state index < -0.39 is 21.5 Å². The number of esters is 1. The molecular weight excluding hydrogens is 755 g/mol. The summed E-state index contributed by atoms with van der Waals surface area (Å²) in [6.07, 6.45) is 0. The van der Waals surface area contributed by atoms with Crippen LogP contribution in [0.2, 0.25) is 0 Å². The normalized spacial score (nSPS) is 17.7.